The third-order valence-corrected chi connectivity index (χ3v) is 7.18. The quantitative estimate of drug-likeness (QED) is 0.281. The normalized spacial score (nSPS) is 14.7. The zero-order valence-electron chi connectivity index (χ0n) is 22.7. The van der Waals surface area contributed by atoms with Crippen molar-refractivity contribution in [3.8, 4) is 0 Å². The van der Waals surface area contributed by atoms with Crippen LogP contribution in [0.3, 0.4) is 0 Å². The van der Waals surface area contributed by atoms with Gasteiger partial charge >= 0.3 is 11.9 Å². The number of carbonyl (C=O) groups excluding carboxylic acids is 2. The summed E-state index contributed by atoms with van der Waals surface area (Å²) in [6, 6.07) is 9.38. The van der Waals surface area contributed by atoms with Crippen molar-refractivity contribution in [1.82, 2.24) is 15.6 Å². The maximum absolute atomic E-state index is 13.2. The first kappa shape index (κ1) is 30.4. The molecule has 0 aliphatic carbocycles. The maximum atomic E-state index is 13.2. The molecule has 0 radical (unpaired) electrons. The summed E-state index contributed by atoms with van der Waals surface area (Å²) in [5.74, 6) is -1.69. The van der Waals surface area contributed by atoms with E-state index in [1.165, 1.54) is 11.3 Å². The van der Waals surface area contributed by atoms with Crippen LogP contribution in [0.1, 0.15) is 81.0 Å². The first-order chi connectivity index (χ1) is 17.5. The number of benzene rings is 1. The Morgan fingerprint density at radius 2 is 1.73 bits per heavy atom. The molecule has 2 unspecified atom stereocenters. The van der Waals surface area contributed by atoms with Crippen molar-refractivity contribution in [1.29, 1.82) is 0 Å². The smallest absolute Gasteiger partial charge is 0.306 e. The van der Waals surface area contributed by atoms with Gasteiger partial charge < -0.3 is 20.5 Å². The first-order valence-corrected chi connectivity index (χ1v) is 13.8. The molecule has 0 fully saturated rings. The average molecular weight is 532 g/mol. The molecule has 0 aliphatic rings. The van der Waals surface area contributed by atoms with Gasteiger partial charge in [-0.2, -0.15) is 0 Å². The van der Waals surface area contributed by atoms with Gasteiger partial charge in [-0.3, -0.25) is 14.4 Å². The zero-order valence-corrected chi connectivity index (χ0v) is 23.5. The lowest BCUT2D eigenvalue weighted by Crippen LogP contribution is -2.38. The van der Waals surface area contributed by atoms with E-state index in [-0.39, 0.29) is 35.6 Å². The van der Waals surface area contributed by atoms with E-state index in [2.05, 4.69) is 29.5 Å². The number of thiazole rings is 1. The predicted molar refractivity (Wildman–Crippen MR) is 146 cm³/mol. The summed E-state index contributed by atoms with van der Waals surface area (Å²) in [7, 11) is 1.88. The van der Waals surface area contributed by atoms with Crippen molar-refractivity contribution in [2.75, 3.05) is 7.05 Å². The second kappa shape index (κ2) is 14.8. The van der Waals surface area contributed by atoms with E-state index in [4.69, 9.17) is 4.74 Å². The molecule has 3 N–H and O–H groups in total. The van der Waals surface area contributed by atoms with Crippen LogP contribution in [0.15, 0.2) is 35.7 Å². The largest absolute Gasteiger partial charge is 0.481 e. The molecule has 204 valence electrons. The van der Waals surface area contributed by atoms with Gasteiger partial charge in [-0.1, -0.05) is 65.0 Å². The Labute approximate surface area is 224 Å². The molecule has 9 heteroatoms. The molecular formula is C28H41N3O5S. The molecule has 8 nitrogen and oxygen atoms in total. The summed E-state index contributed by atoms with van der Waals surface area (Å²) < 4.78 is 5.83. The molecule has 1 aromatic carbocycles. The minimum absolute atomic E-state index is 0.103. The van der Waals surface area contributed by atoms with Crippen molar-refractivity contribution in [3.05, 3.63) is 52.0 Å². The highest BCUT2D eigenvalue weighted by molar-refractivity contribution is 7.09. The lowest BCUT2D eigenvalue weighted by Gasteiger charge is -2.25. The molecule has 4 atom stereocenters. The Kier molecular flexibility index (Phi) is 12.2. The van der Waals surface area contributed by atoms with Crippen molar-refractivity contribution in [2.24, 2.45) is 17.8 Å². The highest BCUT2D eigenvalue weighted by atomic mass is 32.1. The summed E-state index contributed by atoms with van der Waals surface area (Å²) >= 11 is 1.29. The summed E-state index contributed by atoms with van der Waals surface area (Å²) in [5.41, 5.74) is 1.24. The van der Waals surface area contributed by atoms with Gasteiger partial charge in [0.05, 0.1) is 5.92 Å². The number of hydrogen-bond donors (Lipinski definition) is 3. The lowest BCUT2D eigenvalue weighted by atomic mass is 9.96. The van der Waals surface area contributed by atoms with Crippen LogP contribution >= 0.6 is 11.3 Å². The number of esters is 1. The van der Waals surface area contributed by atoms with Gasteiger partial charge in [0.25, 0.3) is 5.91 Å². The third-order valence-electron chi connectivity index (χ3n) is 6.24. The Morgan fingerprint density at radius 1 is 1.05 bits per heavy atom. The number of amides is 1. The van der Waals surface area contributed by atoms with E-state index >= 15 is 0 Å². The van der Waals surface area contributed by atoms with Crippen LogP contribution in [-0.4, -0.2) is 47.1 Å². The number of nitrogens with zero attached hydrogens (tertiary/aromatic N) is 1. The van der Waals surface area contributed by atoms with Gasteiger partial charge in [-0.05, 0) is 37.3 Å². The molecule has 0 bridgehead atoms. The van der Waals surface area contributed by atoms with Crippen LogP contribution in [0.4, 0.5) is 0 Å². The highest BCUT2D eigenvalue weighted by Crippen LogP contribution is 2.29. The molecule has 2 aromatic rings. The Hall–Kier alpha value is -2.78. The van der Waals surface area contributed by atoms with Crippen molar-refractivity contribution < 1.29 is 24.2 Å². The SMILES string of the molecule is CN[C@H](C[C@@H](OC(=O)CC(C)C)c1nc(C(=O)NC(Cc2ccccc2)CC(C)C(=O)O)cs1)C(C)C. The molecule has 0 spiro atoms. The molecule has 0 aliphatic heterocycles. The minimum Gasteiger partial charge on any atom is -0.481 e. The Morgan fingerprint density at radius 3 is 2.30 bits per heavy atom. The molecule has 1 amide bonds. The van der Waals surface area contributed by atoms with Gasteiger partial charge in [0.15, 0.2) is 6.10 Å². The molecule has 2 rings (SSSR count). The molecule has 0 saturated heterocycles. The van der Waals surface area contributed by atoms with Crippen LogP contribution in [-0.2, 0) is 20.7 Å². The third kappa shape index (κ3) is 10.2. The molecule has 1 aromatic heterocycles. The van der Waals surface area contributed by atoms with Gasteiger partial charge in [0, 0.05) is 30.3 Å². The lowest BCUT2D eigenvalue weighted by molar-refractivity contribution is -0.151. The molecular weight excluding hydrogens is 490 g/mol. The fraction of sp³-hybridized carbons (Fsp3) is 0.571. The van der Waals surface area contributed by atoms with Crippen molar-refractivity contribution in [2.45, 2.75) is 78.5 Å². The van der Waals surface area contributed by atoms with Crippen LogP contribution in [0, 0.1) is 17.8 Å². The fourth-order valence-electron chi connectivity index (χ4n) is 4.11. The molecule has 0 saturated carbocycles. The number of nitrogens with one attached hydrogen (secondary N) is 2. The van der Waals surface area contributed by atoms with E-state index < -0.39 is 18.0 Å². The summed E-state index contributed by atoms with van der Waals surface area (Å²) in [5, 5.41) is 17.9. The minimum atomic E-state index is -0.904. The monoisotopic (exact) mass is 531 g/mol. The zero-order chi connectivity index (χ0) is 27.5. The molecule has 37 heavy (non-hydrogen) atoms. The maximum Gasteiger partial charge on any atom is 0.306 e. The topological polar surface area (TPSA) is 118 Å². The van der Waals surface area contributed by atoms with Gasteiger partial charge in [0.1, 0.15) is 10.7 Å². The number of aliphatic carboxylic acids is 1. The van der Waals surface area contributed by atoms with Crippen molar-refractivity contribution in [3.63, 3.8) is 0 Å². The fourth-order valence-corrected chi connectivity index (χ4v) is 4.95. The van der Waals surface area contributed by atoms with Gasteiger partial charge in [0.2, 0.25) is 0 Å². The Bertz CT molecular complexity index is 1010. The second-order valence-electron chi connectivity index (χ2n) is 10.4. The number of carboxylic acids is 1. The van der Waals surface area contributed by atoms with Gasteiger partial charge in [-0.25, -0.2) is 4.98 Å². The number of hydrogen-bond acceptors (Lipinski definition) is 7. The van der Waals surface area contributed by atoms with Crippen LogP contribution in [0.2, 0.25) is 0 Å². The summed E-state index contributed by atoms with van der Waals surface area (Å²) in [4.78, 5) is 41.7. The Balaban J connectivity index is 2.21. The molecule has 1 heterocycles. The number of ether oxygens (including phenoxy) is 1. The van der Waals surface area contributed by atoms with Gasteiger partial charge in [-0.15, -0.1) is 11.3 Å². The first-order valence-electron chi connectivity index (χ1n) is 12.9. The van der Waals surface area contributed by atoms with Crippen LogP contribution in [0.5, 0.6) is 0 Å². The summed E-state index contributed by atoms with van der Waals surface area (Å²) in [6.45, 7) is 9.75. The number of rotatable bonds is 15. The number of carbonyl (C=O) groups is 3. The van der Waals surface area contributed by atoms with E-state index in [1.807, 2.05) is 51.2 Å². The van der Waals surface area contributed by atoms with Crippen molar-refractivity contribution >= 4 is 29.2 Å². The number of carboxylic acid groups (broad SMARTS) is 1. The van der Waals surface area contributed by atoms with E-state index in [0.717, 1.165) is 5.56 Å². The standard InChI is InChI=1S/C28H41N3O5S/c1-17(2)12-25(32)36-24(15-22(29-6)18(3)4)27-31-23(16-37-27)26(33)30-21(13-19(5)28(34)35)14-20-10-8-7-9-11-20/h7-11,16-19,21-22,24,29H,12-15H2,1-6H3,(H,30,33)(H,34,35)/t19?,21?,22-,24-/m1/s1. The van der Waals surface area contributed by atoms with E-state index in [9.17, 15) is 19.5 Å². The average Bonchev–Trinajstić information content (AvgIpc) is 3.32. The number of aromatic nitrogens is 1. The van der Waals surface area contributed by atoms with Crippen LogP contribution < -0.4 is 10.6 Å². The highest BCUT2D eigenvalue weighted by Gasteiger charge is 2.28. The summed E-state index contributed by atoms with van der Waals surface area (Å²) in [6.07, 6.45) is 1.09. The van der Waals surface area contributed by atoms with E-state index in [0.29, 0.717) is 36.6 Å². The predicted octanol–water partition coefficient (Wildman–Crippen LogP) is 4.86. The van der Waals surface area contributed by atoms with E-state index in [1.54, 1.807) is 12.3 Å². The second-order valence-corrected chi connectivity index (χ2v) is 11.2. The van der Waals surface area contributed by atoms with Crippen LogP contribution in [0.25, 0.3) is 0 Å².